The van der Waals surface area contributed by atoms with E-state index < -0.39 is 54.5 Å². The molecule has 0 radical (unpaired) electrons. The minimum Gasteiger partial charge on any atom is -0.508 e. The van der Waals surface area contributed by atoms with Gasteiger partial charge in [0.1, 0.15) is 23.9 Å². The van der Waals surface area contributed by atoms with Crippen LogP contribution in [0.5, 0.6) is 5.75 Å². The molecule has 2 aromatic rings. The first-order valence-corrected chi connectivity index (χ1v) is 12.9. The van der Waals surface area contributed by atoms with Gasteiger partial charge in [-0.25, -0.2) is 4.79 Å². The van der Waals surface area contributed by atoms with Gasteiger partial charge < -0.3 is 48.5 Å². The number of aliphatic imine (C=N–C) groups is 1. The number of hydrogen-bond donors (Lipinski definition) is 9. The van der Waals surface area contributed by atoms with Crippen LogP contribution in [0.25, 0.3) is 0 Å². The summed E-state index contributed by atoms with van der Waals surface area (Å²) in [5, 5.41) is 36.1. The van der Waals surface area contributed by atoms with E-state index in [0.717, 1.165) is 5.56 Å². The molecule has 4 unspecified atom stereocenters. The largest absolute Gasteiger partial charge is 0.508 e. The number of carboxylic acid groups (broad SMARTS) is 1. The number of rotatable bonds is 16. The van der Waals surface area contributed by atoms with Gasteiger partial charge in [0, 0.05) is 13.0 Å². The summed E-state index contributed by atoms with van der Waals surface area (Å²) in [6, 6.07) is 9.95. The summed E-state index contributed by atoms with van der Waals surface area (Å²) in [6.45, 7) is -0.696. The molecule has 2 rings (SSSR count). The number of aromatic hydroxyl groups is 1. The fourth-order valence-electron chi connectivity index (χ4n) is 3.82. The van der Waals surface area contributed by atoms with Gasteiger partial charge in [-0.15, -0.1) is 0 Å². The predicted molar refractivity (Wildman–Crippen MR) is 150 cm³/mol. The SMILES string of the molecule is NC(N)=NCCCC(NC(=O)C(CO)NC(=O)C(Cc1ccc(O)cc1)NC(=O)C(N)Cc1ccccc1)C(=O)O. The van der Waals surface area contributed by atoms with Crippen LogP contribution in [0.3, 0.4) is 0 Å². The van der Waals surface area contributed by atoms with Gasteiger partial charge in [-0.05, 0) is 42.5 Å². The molecular weight excluding hydrogens is 534 g/mol. The molecule has 0 aliphatic rings. The molecule has 12 N–H and O–H groups in total. The van der Waals surface area contributed by atoms with Crippen molar-refractivity contribution in [1.82, 2.24) is 16.0 Å². The fraction of sp³-hybridized carbons (Fsp3) is 0.370. The van der Waals surface area contributed by atoms with Gasteiger partial charge >= 0.3 is 5.97 Å². The van der Waals surface area contributed by atoms with Crippen molar-refractivity contribution >= 4 is 29.7 Å². The second-order valence-electron chi connectivity index (χ2n) is 9.32. The number of aliphatic hydroxyl groups excluding tert-OH is 1. The number of aliphatic hydroxyl groups is 1. The number of carbonyl (C=O) groups is 4. The van der Waals surface area contributed by atoms with Crippen molar-refractivity contribution in [1.29, 1.82) is 0 Å². The van der Waals surface area contributed by atoms with Gasteiger partial charge in [0.2, 0.25) is 17.7 Å². The number of phenolic OH excluding ortho intramolecular Hbond substituents is 1. The van der Waals surface area contributed by atoms with Crippen LogP contribution in [0.15, 0.2) is 59.6 Å². The number of nitrogens with two attached hydrogens (primary N) is 3. The van der Waals surface area contributed by atoms with E-state index in [0.29, 0.717) is 5.56 Å². The van der Waals surface area contributed by atoms with E-state index in [2.05, 4.69) is 20.9 Å². The van der Waals surface area contributed by atoms with Crippen LogP contribution < -0.4 is 33.2 Å². The first-order chi connectivity index (χ1) is 19.5. The fourth-order valence-corrected chi connectivity index (χ4v) is 3.82. The van der Waals surface area contributed by atoms with E-state index >= 15 is 0 Å². The number of carbonyl (C=O) groups excluding carboxylic acids is 3. The third-order valence-corrected chi connectivity index (χ3v) is 6.02. The van der Waals surface area contributed by atoms with Crippen molar-refractivity contribution < 1.29 is 34.5 Å². The molecule has 41 heavy (non-hydrogen) atoms. The smallest absolute Gasteiger partial charge is 0.326 e. The highest BCUT2D eigenvalue weighted by molar-refractivity contribution is 5.94. The van der Waals surface area contributed by atoms with E-state index in [-0.39, 0.29) is 43.9 Å². The van der Waals surface area contributed by atoms with E-state index in [1.54, 1.807) is 24.3 Å². The number of guanidine groups is 1. The Kier molecular flexibility index (Phi) is 13.0. The highest BCUT2D eigenvalue weighted by atomic mass is 16.4. The van der Waals surface area contributed by atoms with Crippen LogP contribution >= 0.6 is 0 Å². The maximum Gasteiger partial charge on any atom is 0.326 e. The molecule has 0 saturated heterocycles. The topological polar surface area (TPSA) is 255 Å². The van der Waals surface area contributed by atoms with Crippen LogP contribution in [0.2, 0.25) is 0 Å². The van der Waals surface area contributed by atoms with Crippen molar-refractivity contribution in [3.05, 3.63) is 65.7 Å². The lowest BCUT2D eigenvalue weighted by atomic mass is 10.0. The summed E-state index contributed by atoms with van der Waals surface area (Å²) in [4.78, 5) is 54.3. The van der Waals surface area contributed by atoms with E-state index in [1.165, 1.54) is 12.1 Å². The molecule has 3 amide bonds. The molecule has 0 aromatic heterocycles. The number of aliphatic carboxylic acids is 1. The van der Waals surface area contributed by atoms with Crippen LogP contribution in [0.4, 0.5) is 0 Å². The van der Waals surface area contributed by atoms with Gasteiger partial charge in [0.05, 0.1) is 12.6 Å². The van der Waals surface area contributed by atoms with E-state index in [4.69, 9.17) is 17.2 Å². The van der Waals surface area contributed by atoms with Gasteiger partial charge in [0.15, 0.2) is 5.96 Å². The first kappa shape index (κ1) is 32.5. The van der Waals surface area contributed by atoms with E-state index in [1.807, 2.05) is 18.2 Å². The Hall–Kier alpha value is -4.69. The average Bonchev–Trinajstić information content (AvgIpc) is 2.94. The molecule has 0 saturated carbocycles. The summed E-state index contributed by atoms with van der Waals surface area (Å²) < 4.78 is 0. The van der Waals surface area contributed by atoms with Crippen molar-refractivity contribution in [3.63, 3.8) is 0 Å². The highest BCUT2D eigenvalue weighted by Crippen LogP contribution is 2.12. The quantitative estimate of drug-likeness (QED) is 0.0613. The third-order valence-electron chi connectivity index (χ3n) is 6.02. The standard InChI is InChI=1S/C27H37N7O7/c28-19(13-16-5-2-1-3-6-16)23(37)33-21(14-17-8-10-18(36)11-9-17)24(38)34-22(15-35)25(39)32-20(26(40)41)7-4-12-31-27(29)30/h1-3,5-6,8-11,19-22,35-36H,4,7,12-15,28H2,(H,32,39)(H,33,37)(H,34,38)(H,40,41)(H4,29,30,31). The number of phenols is 1. The first-order valence-electron chi connectivity index (χ1n) is 12.9. The van der Waals surface area contributed by atoms with Gasteiger partial charge in [0.25, 0.3) is 0 Å². The Balaban J connectivity index is 2.12. The Bertz CT molecular complexity index is 1190. The lowest BCUT2D eigenvalue weighted by Gasteiger charge is -2.24. The minimum atomic E-state index is -1.51. The maximum absolute atomic E-state index is 13.2. The molecule has 0 bridgehead atoms. The van der Waals surface area contributed by atoms with Gasteiger partial charge in [-0.2, -0.15) is 0 Å². The Morgan fingerprint density at radius 3 is 1.93 bits per heavy atom. The summed E-state index contributed by atoms with van der Waals surface area (Å²) in [7, 11) is 0. The zero-order valence-corrected chi connectivity index (χ0v) is 22.4. The normalized spacial score (nSPS) is 13.6. The minimum absolute atomic E-state index is 0.00645. The number of hydrogen-bond acceptors (Lipinski definition) is 8. The predicted octanol–water partition coefficient (Wildman–Crippen LogP) is -1.91. The van der Waals surface area contributed by atoms with Gasteiger partial charge in [-0.1, -0.05) is 42.5 Å². The molecule has 0 aliphatic heterocycles. The van der Waals surface area contributed by atoms with Crippen molar-refractivity contribution in [2.45, 2.75) is 49.9 Å². The van der Waals surface area contributed by atoms with Crippen molar-refractivity contribution in [3.8, 4) is 5.75 Å². The number of amides is 3. The molecule has 14 heteroatoms. The molecule has 0 heterocycles. The van der Waals surface area contributed by atoms with Gasteiger partial charge in [-0.3, -0.25) is 19.4 Å². The average molecular weight is 572 g/mol. The number of nitrogens with zero attached hydrogens (tertiary/aromatic N) is 1. The van der Waals surface area contributed by atoms with Crippen molar-refractivity contribution in [2.75, 3.05) is 13.2 Å². The summed E-state index contributed by atoms with van der Waals surface area (Å²) in [6.07, 6.45) is 0.415. The second-order valence-corrected chi connectivity index (χ2v) is 9.32. The Labute approximate surface area is 237 Å². The maximum atomic E-state index is 13.2. The lowest BCUT2D eigenvalue weighted by molar-refractivity contribution is -0.142. The second kappa shape index (κ2) is 16.4. The molecular formula is C27H37N7O7. The molecule has 2 aromatic carbocycles. The number of nitrogens with one attached hydrogen (secondary N) is 3. The van der Waals surface area contributed by atoms with Crippen LogP contribution in [-0.4, -0.2) is 82.3 Å². The van der Waals surface area contributed by atoms with Crippen LogP contribution in [0.1, 0.15) is 24.0 Å². The Morgan fingerprint density at radius 2 is 1.34 bits per heavy atom. The molecule has 14 nitrogen and oxygen atoms in total. The molecule has 0 fully saturated rings. The summed E-state index contributed by atoms with van der Waals surface area (Å²) >= 11 is 0. The Morgan fingerprint density at radius 1 is 0.780 bits per heavy atom. The highest BCUT2D eigenvalue weighted by Gasteiger charge is 2.30. The monoisotopic (exact) mass is 571 g/mol. The lowest BCUT2D eigenvalue weighted by Crippen LogP contribution is -2.58. The summed E-state index contributed by atoms with van der Waals surface area (Å²) in [5.41, 5.74) is 18.0. The molecule has 0 aliphatic carbocycles. The molecule has 0 spiro atoms. The zero-order chi connectivity index (χ0) is 30.4. The molecule has 4 atom stereocenters. The molecule has 222 valence electrons. The summed E-state index contributed by atoms with van der Waals surface area (Å²) in [5.74, 6) is -3.84. The zero-order valence-electron chi connectivity index (χ0n) is 22.4. The third kappa shape index (κ3) is 11.5. The van der Waals surface area contributed by atoms with Crippen molar-refractivity contribution in [2.24, 2.45) is 22.2 Å². The number of carboxylic acids is 1. The van der Waals surface area contributed by atoms with E-state index in [9.17, 15) is 34.5 Å². The number of benzene rings is 2. The van der Waals surface area contributed by atoms with Crippen LogP contribution in [0, 0.1) is 0 Å². The van der Waals surface area contributed by atoms with Crippen LogP contribution in [-0.2, 0) is 32.0 Å².